The van der Waals surface area contributed by atoms with E-state index in [1.165, 1.54) is 21.2 Å². The molecule has 1 aromatic rings. The smallest absolute Gasteiger partial charge is 0.125 e. The van der Waals surface area contributed by atoms with E-state index in [4.69, 9.17) is 4.74 Å². The minimum absolute atomic E-state index is 0.276. The van der Waals surface area contributed by atoms with Crippen LogP contribution in [0.4, 0.5) is 0 Å². The summed E-state index contributed by atoms with van der Waals surface area (Å²) in [5.41, 5.74) is 4.10. The van der Waals surface area contributed by atoms with E-state index in [1.54, 1.807) is 7.11 Å². The molecule has 1 aromatic carbocycles. The third kappa shape index (κ3) is 5.30. The maximum absolute atomic E-state index is 5.64. The van der Waals surface area contributed by atoms with Gasteiger partial charge in [-0.1, -0.05) is 43.6 Å². The summed E-state index contributed by atoms with van der Waals surface area (Å²) in [6, 6.07) is 2.68. The fraction of sp³-hybridized carbons (Fsp3) is 0.667. The highest BCUT2D eigenvalue weighted by Gasteiger charge is 2.21. The minimum Gasteiger partial charge on any atom is -0.496 e. The first-order valence-electron chi connectivity index (χ1n) is 7.74. The molecule has 2 nitrogen and oxygen atoms in total. The Hall–Kier alpha value is -0.540. The van der Waals surface area contributed by atoms with Crippen LogP contribution in [0.25, 0.3) is 0 Å². The normalized spacial score (nSPS) is 12.0. The van der Waals surface area contributed by atoms with Crippen molar-refractivity contribution in [2.75, 3.05) is 13.7 Å². The van der Waals surface area contributed by atoms with Gasteiger partial charge in [0.25, 0.3) is 0 Å². The lowest BCUT2D eigenvalue weighted by atomic mass is 9.84. The Balaban J connectivity index is 2.88. The topological polar surface area (TPSA) is 21.3 Å². The number of methoxy groups -OCH3 is 1. The van der Waals surface area contributed by atoms with E-state index in [0.29, 0.717) is 6.04 Å². The van der Waals surface area contributed by atoms with E-state index in [9.17, 15) is 0 Å². The highest BCUT2D eigenvalue weighted by atomic mass is 79.9. The summed E-state index contributed by atoms with van der Waals surface area (Å²) in [4.78, 5) is 0. The molecule has 0 bridgehead atoms. The molecule has 1 N–H and O–H groups in total. The second kappa shape index (κ2) is 7.64. The van der Waals surface area contributed by atoms with Crippen LogP contribution in [0.3, 0.4) is 0 Å². The summed E-state index contributed by atoms with van der Waals surface area (Å²) >= 11 is 3.66. The van der Waals surface area contributed by atoms with Gasteiger partial charge in [-0.3, -0.25) is 0 Å². The number of rotatable bonds is 7. The molecule has 0 radical (unpaired) electrons. The fourth-order valence-electron chi connectivity index (χ4n) is 2.53. The number of aryl methyl sites for hydroxylation is 1. The molecule has 0 saturated heterocycles. The standard InChI is InChI=1S/C18H30BrNO/c1-12(2)20-11-18(5,6)9-8-15-14(4)16(19)10-13(3)17(15)21-7/h10,12,20H,8-9,11H2,1-7H3. The molecule has 0 spiro atoms. The van der Waals surface area contributed by atoms with Crippen molar-refractivity contribution in [3.63, 3.8) is 0 Å². The van der Waals surface area contributed by atoms with E-state index in [1.807, 2.05) is 0 Å². The van der Waals surface area contributed by atoms with Gasteiger partial charge in [-0.05, 0) is 54.9 Å². The minimum atomic E-state index is 0.276. The summed E-state index contributed by atoms with van der Waals surface area (Å²) in [6.07, 6.45) is 2.18. The van der Waals surface area contributed by atoms with Gasteiger partial charge >= 0.3 is 0 Å². The molecule has 1 rings (SSSR count). The zero-order valence-corrected chi connectivity index (χ0v) is 16.1. The highest BCUT2D eigenvalue weighted by Crippen LogP contribution is 2.35. The average Bonchev–Trinajstić information content (AvgIpc) is 2.39. The maximum atomic E-state index is 5.64. The van der Waals surface area contributed by atoms with Crippen molar-refractivity contribution in [1.82, 2.24) is 5.32 Å². The van der Waals surface area contributed by atoms with Crippen molar-refractivity contribution in [1.29, 1.82) is 0 Å². The molecule has 0 aliphatic rings. The first-order valence-corrected chi connectivity index (χ1v) is 8.53. The molecule has 0 fully saturated rings. The van der Waals surface area contributed by atoms with Crippen molar-refractivity contribution in [2.24, 2.45) is 5.41 Å². The van der Waals surface area contributed by atoms with Crippen LogP contribution in [0.1, 0.15) is 50.8 Å². The van der Waals surface area contributed by atoms with E-state index < -0.39 is 0 Å². The Morgan fingerprint density at radius 2 is 1.90 bits per heavy atom. The number of nitrogens with one attached hydrogen (secondary N) is 1. The summed E-state index contributed by atoms with van der Waals surface area (Å²) in [5.74, 6) is 1.04. The Morgan fingerprint density at radius 1 is 1.29 bits per heavy atom. The van der Waals surface area contributed by atoms with Crippen LogP contribution in [-0.4, -0.2) is 19.7 Å². The molecule has 0 heterocycles. The molecule has 0 aliphatic carbocycles. The predicted octanol–water partition coefficient (Wildman–Crippen LogP) is 5.03. The Morgan fingerprint density at radius 3 is 2.43 bits per heavy atom. The second-order valence-electron chi connectivity index (χ2n) is 7.01. The Labute approximate surface area is 138 Å². The van der Waals surface area contributed by atoms with Gasteiger partial charge in [0.2, 0.25) is 0 Å². The number of ether oxygens (including phenoxy) is 1. The molecule has 0 aliphatic heterocycles. The largest absolute Gasteiger partial charge is 0.496 e. The van der Waals surface area contributed by atoms with Gasteiger partial charge in [-0.2, -0.15) is 0 Å². The first kappa shape index (κ1) is 18.5. The lowest BCUT2D eigenvalue weighted by Crippen LogP contribution is -2.34. The molecule has 120 valence electrons. The van der Waals surface area contributed by atoms with Gasteiger partial charge < -0.3 is 10.1 Å². The van der Waals surface area contributed by atoms with E-state index in [-0.39, 0.29) is 5.41 Å². The molecule has 0 atom stereocenters. The van der Waals surface area contributed by atoms with Crippen LogP contribution in [-0.2, 0) is 6.42 Å². The van der Waals surface area contributed by atoms with Gasteiger partial charge in [-0.25, -0.2) is 0 Å². The SMILES string of the molecule is COc1c(C)cc(Br)c(C)c1CCC(C)(C)CNC(C)C. The summed E-state index contributed by atoms with van der Waals surface area (Å²) in [6.45, 7) is 14.4. The fourth-order valence-corrected chi connectivity index (χ4v) is 3.12. The summed E-state index contributed by atoms with van der Waals surface area (Å²) in [5, 5.41) is 3.55. The molecular formula is C18H30BrNO. The quantitative estimate of drug-likeness (QED) is 0.740. The third-order valence-electron chi connectivity index (χ3n) is 4.03. The van der Waals surface area contributed by atoms with Gasteiger partial charge in [0, 0.05) is 17.1 Å². The van der Waals surface area contributed by atoms with E-state index in [2.05, 4.69) is 68.9 Å². The molecule has 0 aromatic heterocycles. The number of halogens is 1. The second-order valence-corrected chi connectivity index (χ2v) is 7.87. The molecule has 0 amide bonds. The van der Waals surface area contributed by atoms with Gasteiger partial charge in [0.1, 0.15) is 5.75 Å². The number of hydrogen-bond acceptors (Lipinski definition) is 2. The van der Waals surface area contributed by atoms with Crippen molar-refractivity contribution in [3.05, 3.63) is 27.2 Å². The Kier molecular flexibility index (Phi) is 6.73. The molecule has 21 heavy (non-hydrogen) atoms. The lowest BCUT2D eigenvalue weighted by Gasteiger charge is -2.27. The molecule has 0 saturated carbocycles. The first-order chi connectivity index (χ1) is 9.68. The zero-order valence-electron chi connectivity index (χ0n) is 14.6. The summed E-state index contributed by atoms with van der Waals surface area (Å²) < 4.78 is 6.81. The maximum Gasteiger partial charge on any atom is 0.125 e. The molecule has 0 unspecified atom stereocenters. The monoisotopic (exact) mass is 355 g/mol. The number of hydrogen-bond donors (Lipinski definition) is 1. The lowest BCUT2D eigenvalue weighted by molar-refractivity contribution is 0.302. The van der Waals surface area contributed by atoms with Crippen LogP contribution in [0, 0.1) is 19.3 Å². The van der Waals surface area contributed by atoms with Crippen molar-refractivity contribution >= 4 is 15.9 Å². The van der Waals surface area contributed by atoms with E-state index >= 15 is 0 Å². The zero-order chi connectivity index (χ0) is 16.2. The van der Waals surface area contributed by atoms with Gasteiger partial charge in [0.05, 0.1) is 7.11 Å². The van der Waals surface area contributed by atoms with Gasteiger partial charge in [-0.15, -0.1) is 0 Å². The highest BCUT2D eigenvalue weighted by molar-refractivity contribution is 9.10. The van der Waals surface area contributed by atoms with Crippen molar-refractivity contribution in [2.45, 2.75) is 60.4 Å². The van der Waals surface area contributed by atoms with Crippen molar-refractivity contribution in [3.8, 4) is 5.75 Å². The van der Waals surface area contributed by atoms with Crippen LogP contribution in [0.15, 0.2) is 10.5 Å². The predicted molar refractivity (Wildman–Crippen MR) is 95.4 cm³/mol. The Bertz CT molecular complexity index is 481. The van der Waals surface area contributed by atoms with Crippen LogP contribution >= 0.6 is 15.9 Å². The summed E-state index contributed by atoms with van der Waals surface area (Å²) in [7, 11) is 1.77. The van der Waals surface area contributed by atoms with Gasteiger partial charge in [0.15, 0.2) is 0 Å². The number of benzene rings is 1. The van der Waals surface area contributed by atoms with Crippen molar-refractivity contribution < 1.29 is 4.74 Å². The van der Waals surface area contributed by atoms with Crippen LogP contribution in [0.5, 0.6) is 5.75 Å². The third-order valence-corrected chi connectivity index (χ3v) is 4.85. The average molecular weight is 356 g/mol. The van der Waals surface area contributed by atoms with Crippen LogP contribution in [0.2, 0.25) is 0 Å². The molecule has 3 heteroatoms. The van der Waals surface area contributed by atoms with E-state index in [0.717, 1.165) is 25.1 Å². The molecular weight excluding hydrogens is 326 g/mol. The van der Waals surface area contributed by atoms with Crippen LogP contribution < -0.4 is 10.1 Å².